The van der Waals surface area contributed by atoms with Crippen molar-refractivity contribution in [2.45, 2.75) is 32.2 Å². The van der Waals surface area contributed by atoms with Gasteiger partial charge in [-0.1, -0.05) is 36.2 Å². The first-order chi connectivity index (χ1) is 9.40. The van der Waals surface area contributed by atoms with Crippen LogP contribution in [0.2, 0.25) is 10.0 Å². The summed E-state index contributed by atoms with van der Waals surface area (Å²) < 4.78 is 0. The van der Waals surface area contributed by atoms with Crippen LogP contribution in [0.5, 0.6) is 0 Å². The molecule has 0 aromatic heterocycles. The minimum atomic E-state index is -0.395. The fourth-order valence-corrected chi connectivity index (χ4v) is 2.01. The third-order valence-electron chi connectivity index (χ3n) is 3.24. The highest BCUT2D eigenvalue weighted by Gasteiger charge is 2.22. The average molecular weight is 316 g/mol. The molecular weight excluding hydrogens is 297 g/mol. The molecule has 1 atom stereocenters. The van der Waals surface area contributed by atoms with Gasteiger partial charge >= 0.3 is 0 Å². The van der Waals surface area contributed by atoms with Gasteiger partial charge in [0.15, 0.2) is 0 Å². The van der Waals surface area contributed by atoms with Gasteiger partial charge in [0.25, 0.3) is 0 Å². The first-order valence-corrected chi connectivity index (χ1v) is 7.22. The number of rotatable bonds is 6. The molecule has 1 aromatic rings. The summed E-state index contributed by atoms with van der Waals surface area (Å²) in [6, 6.07) is 5.16. The van der Waals surface area contributed by atoms with E-state index >= 15 is 0 Å². The number of carbonyl (C=O) groups is 1. The van der Waals surface area contributed by atoms with E-state index in [1.807, 2.05) is 13.8 Å². The average Bonchev–Trinajstić information content (AvgIpc) is 2.40. The molecule has 1 aromatic carbocycles. The van der Waals surface area contributed by atoms with Gasteiger partial charge in [-0.25, -0.2) is 0 Å². The van der Waals surface area contributed by atoms with Crippen molar-refractivity contribution in [2.24, 2.45) is 0 Å². The van der Waals surface area contributed by atoms with E-state index in [9.17, 15) is 4.79 Å². The minimum Gasteiger partial charge on any atom is -0.396 e. The molecule has 0 aliphatic carbocycles. The predicted molar refractivity (Wildman–Crippen MR) is 84.0 cm³/mol. The molecule has 3 nitrogen and oxygen atoms in total. The normalized spacial score (nSPS) is 14.2. The van der Waals surface area contributed by atoms with E-state index in [1.165, 1.54) is 6.08 Å². The Kier molecular flexibility index (Phi) is 6.53. The van der Waals surface area contributed by atoms with E-state index in [4.69, 9.17) is 28.3 Å². The van der Waals surface area contributed by atoms with Crippen molar-refractivity contribution in [1.82, 2.24) is 5.32 Å². The van der Waals surface area contributed by atoms with Gasteiger partial charge in [-0.2, -0.15) is 0 Å². The number of halogens is 2. The Balaban J connectivity index is 2.69. The topological polar surface area (TPSA) is 49.3 Å². The lowest BCUT2D eigenvalue weighted by Gasteiger charge is -2.28. The molecule has 0 fully saturated rings. The zero-order chi connectivity index (χ0) is 15.2. The van der Waals surface area contributed by atoms with Crippen molar-refractivity contribution in [1.29, 1.82) is 0 Å². The maximum Gasteiger partial charge on any atom is 0.244 e. The highest BCUT2D eigenvalue weighted by atomic mass is 35.5. The molecule has 1 unspecified atom stereocenters. The summed E-state index contributed by atoms with van der Waals surface area (Å²) in [5.74, 6) is -0.200. The second-order valence-electron chi connectivity index (χ2n) is 4.88. The SMILES string of the molecule is CCC(C)(CCO)NC(=O)/C=C/c1ccc(Cl)c(Cl)c1. The first-order valence-electron chi connectivity index (χ1n) is 6.46. The third-order valence-corrected chi connectivity index (χ3v) is 3.98. The number of hydrogen-bond acceptors (Lipinski definition) is 2. The number of amides is 1. The van der Waals surface area contributed by atoms with Gasteiger partial charge in [0, 0.05) is 18.2 Å². The lowest BCUT2D eigenvalue weighted by atomic mass is 9.95. The van der Waals surface area contributed by atoms with Crippen LogP contribution in [0.3, 0.4) is 0 Å². The fourth-order valence-electron chi connectivity index (χ4n) is 1.70. The molecule has 0 saturated heterocycles. The molecule has 0 radical (unpaired) electrons. The van der Waals surface area contributed by atoms with Gasteiger partial charge in [0.05, 0.1) is 10.0 Å². The molecule has 110 valence electrons. The zero-order valence-corrected chi connectivity index (χ0v) is 13.1. The van der Waals surface area contributed by atoms with E-state index in [0.29, 0.717) is 16.5 Å². The van der Waals surface area contributed by atoms with Crippen molar-refractivity contribution in [3.05, 3.63) is 39.9 Å². The van der Waals surface area contributed by atoms with Crippen LogP contribution in [0.25, 0.3) is 6.08 Å². The number of hydrogen-bond donors (Lipinski definition) is 2. The number of benzene rings is 1. The van der Waals surface area contributed by atoms with Gasteiger partial charge in [-0.3, -0.25) is 4.79 Å². The Bertz CT molecular complexity index is 503. The van der Waals surface area contributed by atoms with Crippen LogP contribution in [0.15, 0.2) is 24.3 Å². The van der Waals surface area contributed by atoms with Crippen molar-refractivity contribution in [2.75, 3.05) is 6.61 Å². The van der Waals surface area contributed by atoms with Crippen LogP contribution in [0, 0.1) is 0 Å². The van der Waals surface area contributed by atoms with E-state index in [1.54, 1.807) is 24.3 Å². The molecule has 1 amide bonds. The van der Waals surface area contributed by atoms with Crippen LogP contribution in [-0.4, -0.2) is 23.2 Å². The first kappa shape index (κ1) is 17.0. The summed E-state index contributed by atoms with van der Waals surface area (Å²) in [4.78, 5) is 11.9. The van der Waals surface area contributed by atoms with Crippen LogP contribution < -0.4 is 5.32 Å². The van der Waals surface area contributed by atoms with Gasteiger partial charge in [-0.15, -0.1) is 0 Å². The molecule has 0 aliphatic rings. The molecule has 2 N–H and O–H groups in total. The third kappa shape index (κ3) is 5.16. The summed E-state index contributed by atoms with van der Waals surface area (Å²) in [5.41, 5.74) is 0.406. The van der Waals surface area contributed by atoms with Gasteiger partial charge in [0.1, 0.15) is 0 Å². The monoisotopic (exact) mass is 315 g/mol. The van der Waals surface area contributed by atoms with Gasteiger partial charge in [0.2, 0.25) is 5.91 Å². The number of nitrogens with one attached hydrogen (secondary N) is 1. The largest absolute Gasteiger partial charge is 0.396 e. The van der Waals surface area contributed by atoms with Crippen molar-refractivity contribution < 1.29 is 9.90 Å². The van der Waals surface area contributed by atoms with E-state index in [2.05, 4.69) is 5.32 Å². The highest BCUT2D eigenvalue weighted by molar-refractivity contribution is 6.42. The van der Waals surface area contributed by atoms with Crippen molar-refractivity contribution >= 4 is 35.2 Å². The molecule has 0 saturated carbocycles. The maximum atomic E-state index is 11.9. The van der Waals surface area contributed by atoms with Crippen LogP contribution in [0.4, 0.5) is 0 Å². The molecular formula is C15H19Cl2NO2. The fraction of sp³-hybridized carbons (Fsp3) is 0.400. The zero-order valence-electron chi connectivity index (χ0n) is 11.6. The molecule has 0 heterocycles. The quantitative estimate of drug-likeness (QED) is 0.787. The Labute approximate surface area is 129 Å². The number of carbonyl (C=O) groups excluding carboxylic acids is 1. The lowest BCUT2D eigenvalue weighted by Crippen LogP contribution is -2.45. The summed E-state index contributed by atoms with van der Waals surface area (Å²) in [7, 11) is 0. The molecule has 0 bridgehead atoms. The van der Waals surface area contributed by atoms with Crippen LogP contribution in [0.1, 0.15) is 32.3 Å². The van der Waals surface area contributed by atoms with Gasteiger partial charge < -0.3 is 10.4 Å². The van der Waals surface area contributed by atoms with E-state index in [-0.39, 0.29) is 12.5 Å². The standard InChI is InChI=1S/C15H19Cl2NO2/c1-3-15(2,8-9-19)18-14(20)7-5-11-4-6-12(16)13(17)10-11/h4-7,10,19H,3,8-9H2,1-2H3,(H,18,20)/b7-5+. The number of aliphatic hydroxyl groups excluding tert-OH is 1. The van der Waals surface area contributed by atoms with Crippen molar-refractivity contribution in [3.63, 3.8) is 0 Å². The number of aliphatic hydroxyl groups is 1. The highest BCUT2D eigenvalue weighted by Crippen LogP contribution is 2.23. The second kappa shape index (κ2) is 7.67. The van der Waals surface area contributed by atoms with Crippen LogP contribution in [-0.2, 0) is 4.79 Å². The Hall–Kier alpha value is -1.03. The van der Waals surface area contributed by atoms with E-state index < -0.39 is 5.54 Å². The summed E-state index contributed by atoms with van der Waals surface area (Å²) >= 11 is 11.7. The van der Waals surface area contributed by atoms with Crippen molar-refractivity contribution in [3.8, 4) is 0 Å². The molecule has 5 heteroatoms. The second-order valence-corrected chi connectivity index (χ2v) is 5.70. The summed E-state index contributed by atoms with van der Waals surface area (Å²) in [5, 5.41) is 12.8. The molecule has 1 rings (SSSR count). The summed E-state index contributed by atoms with van der Waals surface area (Å²) in [6.07, 6.45) is 4.40. The maximum absolute atomic E-state index is 11.9. The molecule has 0 aliphatic heterocycles. The lowest BCUT2D eigenvalue weighted by molar-refractivity contribution is -0.118. The predicted octanol–water partition coefficient (Wildman–Crippen LogP) is 3.67. The Morgan fingerprint density at radius 2 is 2.10 bits per heavy atom. The molecule has 0 spiro atoms. The van der Waals surface area contributed by atoms with Crippen LogP contribution >= 0.6 is 23.2 Å². The molecule has 20 heavy (non-hydrogen) atoms. The van der Waals surface area contributed by atoms with Gasteiger partial charge in [-0.05, 0) is 43.5 Å². The minimum absolute atomic E-state index is 0.0428. The van der Waals surface area contributed by atoms with E-state index in [0.717, 1.165) is 12.0 Å². The summed E-state index contributed by atoms with van der Waals surface area (Å²) in [6.45, 7) is 3.92. The smallest absolute Gasteiger partial charge is 0.244 e. The Morgan fingerprint density at radius 1 is 1.40 bits per heavy atom. The Morgan fingerprint density at radius 3 is 2.65 bits per heavy atom.